The summed E-state index contributed by atoms with van der Waals surface area (Å²) in [5, 5.41) is 0.660. The van der Waals surface area contributed by atoms with Crippen molar-refractivity contribution in [1.29, 1.82) is 0 Å². The number of carbonyl (C=O) groups excluding carboxylic acids is 1. The number of hydrogen-bond donors (Lipinski definition) is 0. The van der Waals surface area contributed by atoms with Gasteiger partial charge in [-0.25, -0.2) is 9.79 Å². The van der Waals surface area contributed by atoms with Crippen molar-refractivity contribution in [1.82, 2.24) is 4.57 Å². The number of ether oxygens (including phenoxy) is 3. The third-order valence-electron chi connectivity index (χ3n) is 6.95. The minimum Gasteiger partial charge on any atom is -0.490 e. The van der Waals surface area contributed by atoms with Gasteiger partial charge in [-0.05, 0) is 67.3 Å². The van der Waals surface area contributed by atoms with Gasteiger partial charge in [0.25, 0.3) is 5.56 Å². The number of thiazole rings is 1. The molecular weight excluding hydrogens is 584 g/mol. The van der Waals surface area contributed by atoms with Crippen molar-refractivity contribution in [3.63, 3.8) is 0 Å². The van der Waals surface area contributed by atoms with Crippen LogP contribution in [0.1, 0.15) is 42.1 Å². The van der Waals surface area contributed by atoms with Crippen molar-refractivity contribution in [3.05, 3.63) is 138 Å². The molecule has 220 valence electrons. The van der Waals surface area contributed by atoms with Crippen LogP contribution < -0.4 is 24.4 Å². The number of rotatable bonds is 10. The topological polar surface area (TPSA) is 79.1 Å². The van der Waals surface area contributed by atoms with E-state index >= 15 is 0 Å². The van der Waals surface area contributed by atoms with Crippen LogP contribution in [-0.4, -0.2) is 24.3 Å². The quantitative estimate of drug-likeness (QED) is 0.167. The van der Waals surface area contributed by atoms with Crippen LogP contribution in [0.2, 0.25) is 5.02 Å². The second-order valence-electron chi connectivity index (χ2n) is 9.83. The Morgan fingerprint density at radius 1 is 1.12 bits per heavy atom. The van der Waals surface area contributed by atoms with Crippen molar-refractivity contribution in [2.75, 3.05) is 13.7 Å². The molecule has 2 heterocycles. The fourth-order valence-corrected chi connectivity index (χ4v) is 6.20. The predicted octanol–water partition coefficient (Wildman–Crippen LogP) is 5.77. The molecule has 0 aliphatic carbocycles. The summed E-state index contributed by atoms with van der Waals surface area (Å²) in [6, 6.07) is 20.1. The Morgan fingerprint density at radius 2 is 1.86 bits per heavy atom. The zero-order valence-electron chi connectivity index (χ0n) is 24.1. The highest BCUT2D eigenvalue weighted by Gasteiger charge is 2.33. The molecule has 1 aromatic heterocycles. The van der Waals surface area contributed by atoms with Crippen molar-refractivity contribution >= 4 is 35.0 Å². The van der Waals surface area contributed by atoms with Crippen LogP contribution in [0.15, 0.2) is 100 Å². The van der Waals surface area contributed by atoms with Crippen LogP contribution in [0.3, 0.4) is 0 Å². The first-order valence-corrected chi connectivity index (χ1v) is 15.0. The van der Waals surface area contributed by atoms with Gasteiger partial charge < -0.3 is 14.2 Å². The molecule has 0 saturated heterocycles. The molecular formula is C34H31ClN2O5S. The lowest BCUT2D eigenvalue weighted by atomic mass is 9.96. The van der Waals surface area contributed by atoms with Gasteiger partial charge in [0.05, 0.1) is 35.6 Å². The molecule has 0 bridgehead atoms. The summed E-state index contributed by atoms with van der Waals surface area (Å²) >= 11 is 7.31. The molecule has 7 nitrogen and oxygen atoms in total. The van der Waals surface area contributed by atoms with Gasteiger partial charge in [-0.2, -0.15) is 0 Å². The summed E-state index contributed by atoms with van der Waals surface area (Å²) in [5.41, 5.74) is 4.00. The molecule has 0 saturated carbocycles. The summed E-state index contributed by atoms with van der Waals surface area (Å²) in [6.45, 7) is 8.36. The molecule has 4 aromatic rings. The number of benzene rings is 3. The van der Waals surface area contributed by atoms with E-state index in [2.05, 4.69) is 11.6 Å². The van der Waals surface area contributed by atoms with Gasteiger partial charge in [0.1, 0.15) is 6.61 Å². The number of nitrogens with zero attached hydrogens (tertiary/aromatic N) is 2. The van der Waals surface area contributed by atoms with Crippen LogP contribution in [0.25, 0.3) is 6.08 Å². The fraction of sp³-hybridized carbons (Fsp3) is 0.206. The highest BCUT2D eigenvalue weighted by Crippen LogP contribution is 2.35. The Balaban J connectivity index is 1.61. The molecule has 3 aromatic carbocycles. The smallest absolute Gasteiger partial charge is 0.338 e. The maximum atomic E-state index is 14.0. The second-order valence-corrected chi connectivity index (χ2v) is 11.3. The molecule has 1 aliphatic heterocycles. The molecule has 0 amide bonds. The Hall–Kier alpha value is -4.40. The van der Waals surface area contributed by atoms with E-state index in [0.29, 0.717) is 56.8 Å². The standard InChI is InChI=1S/C34H31ClN2O5S/c1-5-10-25-17-23(18-27(41-6-2)31(25)42-20-22-13-15-26(35)16-14-22)19-28-32(38)37-30(24-11-8-7-9-12-24)29(33(39)40-4)21(3)36-34(37)43-28/h5,7-9,11-19,30H,1,6,10,20H2,2-4H3. The highest BCUT2D eigenvalue weighted by molar-refractivity contribution is 7.07. The number of allylic oxidation sites excluding steroid dienone is 2. The van der Waals surface area contributed by atoms with Gasteiger partial charge in [-0.15, -0.1) is 6.58 Å². The van der Waals surface area contributed by atoms with E-state index in [0.717, 1.165) is 22.3 Å². The number of carbonyl (C=O) groups is 1. The summed E-state index contributed by atoms with van der Waals surface area (Å²) in [7, 11) is 1.33. The van der Waals surface area contributed by atoms with Crippen LogP contribution >= 0.6 is 22.9 Å². The van der Waals surface area contributed by atoms with Crippen LogP contribution in [0.5, 0.6) is 11.5 Å². The van der Waals surface area contributed by atoms with Crippen LogP contribution in [-0.2, 0) is 22.6 Å². The lowest BCUT2D eigenvalue weighted by Gasteiger charge is -2.24. The average Bonchev–Trinajstić information content (AvgIpc) is 3.31. The Kier molecular flexibility index (Phi) is 9.28. The van der Waals surface area contributed by atoms with E-state index in [1.54, 1.807) is 17.6 Å². The lowest BCUT2D eigenvalue weighted by Crippen LogP contribution is -2.39. The summed E-state index contributed by atoms with van der Waals surface area (Å²) < 4.78 is 19.4. The molecule has 43 heavy (non-hydrogen) atoms. The van der Waals surface area contributed by atoms with Gasteiger partial charge in [0, 0.05) is 10.6 Å². The average molecular weight is 615 g/mol. The van der Waals surface area contributed by atoms with Gasteiger partial charge >= 0.3 is 5.97 Å². The minimum atomic E-state index is -0.661. The number of esters is 1. The number of aromatic nitrogens is 1. The van der Waals surface area contributed by atoms with Crippen LogP contribution in [0, 0.1) is 0 Å². The second kappa shape index (κ2) is 13.3. The van der Waals surface area contributed by atoms with E-state index in [-0.39, 0.29) is 5.56 Å². The largest absolute Gasteiger partial charge is 0.490 e. The molecule has 1 unspecified atom stereocenters. The fourth-order valence-electron chi connectivity index (χ4n) is 5.03. The monoisotopic (exact) mass is 614 g/mol. The molecule has 5 rings (SSSR count). The van der Waals surface area contributed by atoms with E-state index < -0.39 is 12.0 Å². The zero-order valence-corrected chi connectivity index (χ0v) is 25.7. The normalized spacial score (nSPS) is 14.6. The van der Waals surface area contributed by atoms with Crippen LogP contribution in [0.4, 0.5) is 0 Å². The Labute approximate surface area is 258 Å². The summed E-state index contributed by atoms with van der Waals surface area (Å²) in [6.07, 6.45) is 4.16. The van der Waals surface area contributed by atoms with Crippen molar-refractivity contribution in [2.24, 2.45) is 4.99 Å². The molecule has 0 radical (unpaired) electrons. The molecule has 1 atom stereocenters. The van der Waals surface area contributed by atoms with E-state index in [9.17, 15) is 9.59 Å². The number of hydrogen-bond acceptors (Lipinski definition) is 7. The number of halogens is 1. The minimum absolute atomic E-state index is 0.252. The maximum absolute atomic E-state index is 14.0. The SMILES string of the molecule is C=CCc1cc(C=c2sc3n(c2=O)C(c2ccccc2)C(C(=O)OC)=C(C)N=3)cc(OCC)c1OCc1ccc(Cl)cc1. The first-order chi connectivity index (χ1) is 20.8. The predicted molar refractivity (Wildman–Crippen MR) is 170 cm³/mol. The maximum Gasteiger partial charge on any atom is 0.338 e. The molecule has 0 fully saturated rings. The number of methoxy groups -OCH3 is 1. The van der Waals surface area contributed by atoms with Gasteiger partial charge in [0.2, 0.25) is 0 Å². The van der Waals surface area contributed by atoms with E-state index in [1.807, 2.05) is 79.7 Å². The van der Waals surface area contributed by atoms with Crippen molar-refractivity contribution in [2.45, 2.75) is 32.9 Å². The highest BCUT2D eigenvalue weighted by atomic mass is 35.5. The summed E-state index contributed by atoms with van der Waals surface area (Å²) in [4.78, 5) is 32.0. The number of fused-ring (bicyclic) bond motifs is 1. The first kappa shape index (κ1) is 30.1. The van der Waals surface area contributed by atoms with Gasteiger partial charge in [0.15, 0.2) is 16.3 Å². The van der Waals surface area contributed by atoms with Gasteiger partial charge in [-0.1, -0.05) is 71.5 Å². The Morgan fingerprint density at radius 3 is 2.53 bits per heavy atom. The molecule has 0 N–H and O–H groups in total. The first-order valence-electron chi connectivity index (χ1n) is 13.8. The van der Waals surface area contributed by atoms with E-state index in [1.165, 1.54) is 18.4 Å². The molecule has 0 spiro atoms. The molecule has 1 aliphatic rings. The third kappa shape index (κ3) is 6.35. The Bertz CT molecular complexity index is 1870. The van der Waals surface area contributed by atoms with E-state index in [4.69, 9.17) is 25.8 Å². The summed E-state index contributed by atoms with van der Waals surface area (Å²) in [5.74, 6) is 0.674. The lowest BCUT2D eigenvalue weighted by molar-refractivity contribution is -0.136. The van der Waals surface area contributed by atoms with Crippen molar-refractivity contribution in [3.8, 4) is 11.5 Å². The zero-order chi connectivity index (χ0) is 30.5. The third-order valence-corrected chi connectivity index (χ3v) is 8.19. The van der Waals surface area contributed by atoms with Crippen molar-refractivity contribution < 1.29 is 19.0 Å². The van der Waals surface area contributed by atoms with Gasteiger partial charge in [-0.3, -0.25) is 9.36 Å². The molecule has 9 heteroatoms.